The molecule has 0 bridgehead atoms. The summed E-state index contributed by atoms with van der Waals surface area (Å²) in [6, 6.07) is 18.1. The number of halogens is 1. The molecule has 0 aliphatic carbocycles. The summed E-state index contributed by atoms with van der Waals surface area (Å²) in [4.78, 5) is 7.75. The van der Waals surface area contributed by atoms with Crippen molar-refractivity contribution in [1.29, 1.82) is 0 Å². The lowest BCUT2D eigenvalue weighted by Gasteiger charge is -2.17. The second-order valence-electron chi connectivity index (χ2n) is 9.57. The van der Waals surface area contributed by atoms with Gasteiger partial charge in [0.1, 0.15) is 39.7 Å². The minimum atomic E-state index is -2.46. The van der Waals surface area contributed by atoms with Crippen LogP contribution in [0.3, 0.4) is 0 Å². The maximum absolute atomic E-state index is 15.1. The smallest absolute Gasteiger partial charge is 0.151 e. The molecule has 2 saturated heterocycles. The molecule has 4 aromatic rings. The van der Waals surface area contributed by atoms with Crippen molar-refractivity contribution in [2.45, 2.75) is 24.4 Å². The summed E-state index contributed by atoms with van der Waals surface area (Å²) in [7, 11) is -0.848. The molecular weight excluding hydrogens is 509 g/mol. The van der Waals surface area contributed by atoms with Crippen molar-refractivity contribution in [3.8, 4) is 22.4 Å². The fraction of sp³-hybridized carbons (Fsp3) is 0.296. The fourth-order valence-electron chi connectivity index (χ4n) is 4.90. The number of aliphatic hydroxyl groups excluding tert-OH is 1. The fourth-order valence-corrected chi connectivity index (χ4v) is 5.51. The predicted molar refractivity (Wildman–Crippen MR) is 145 cm³/mol. The van der Waals surface area contributed by atoms with Gasteiger partial charge in [-0.1, -0.05) is 36.4 Å². The van der Waals surface area contributed by atoms with Crippen molar-refractivity contribution in [3.05, 3.63) is 66.5 Å². The van der Waals surface area contributed by atoms with Gasteiger partial charge in [0.25, 0.3) is 0 Å². The summed E-state index contributed by atoms with van der Waals surface area (Å²) in [6.45, 7) is 0.669. The van der Waals surface area contributed by atoms with Crippen LogP contribution < -0.4 is 10.0 Å². The number of hydrogen-bond donors (Lipinski definition) is 4. The van der Waals surface area contributed by atoms with Crippen LogP contribution in [0.2, 0.25) is 0 Å². The average molecular weight is 538 g/mol. The Morgan fingerprint density at radius 3 is 2.39 bits per heavy atom. The molecule has 198 valence electrons. The van der Waals surface area contributed by atoms with Gasteiger partial charge in [-0.2, -0.15) is 4.36 Å². The van der Waals surface area contributed by atoms with Crippen molar-refractivity contribution in [1.82, 2.24) is 14.7 Å². The van der Waals surface area contributed by atoms with Gasteiger partial charge in [-0.25, -0.2) is 18.3 Å². The van der Waals surface area contributed by atoms with E-state index in [0.717, 1.165) is 11.1 Å². The van der Waals surface area contributed by atoms with Crippen LogP contribution in [0.1, 0.15) is 0 Å². The molecule has 3 unspecified atom stereocenters. The Morgan fingerprint density at radius 1 is 1.03 bits per heavy atom. The molecule has 6 rings (SSSR count). The normalized spacial score (nSPS) is 24.3. The standard InChI is InChI=1S/C27H28FN5O4S/c1-29-38(2,35)33-18-9-7-16(8-10-18)15-3-5-17(6-4-15)25-19(28)11-20-21(32-25)12-24(30-20)31-22-13-36-27-23(34)14-37-26(22)27/h3-12,22-23,26-27,30-31,34H,13-14H2,1-2H3,(H,29,33,35)/t22-,23-,26?,27?,38?/m1/s1. The van der Waals surface area contributed by atoms with Crippen molar-refractivity contribution in [3.63, 3.8) is 0 Å². The Labute approximate surface area is 219 Å². The van der Waals surface area contributed by atoms with Crippen LogP contribution in [0.4, 0.5) is 15.9 Å². The number of H-pyrrole nitrogens is 1. The largest absolute Gasteiger partial charge is 0.388 e. The lowest BCUT2D eigenvalue weighted by molar-refractivity contribution is 0.0184. The summed E-state index contributed by atoms with van der Waals surface area (Å²) < 4.78 is 45.5. The van der Waals surface area contributed by atoms with Crippen LogP contribution in [-0.4, -0.2) is 70.2 Å². The van der Waals surface area contributed by atoms with Crippen LogP contribution in [-0.2, 0) is 19.4 Å². The number of aromatic amines is 1. The van der Waals surface area contributed by atoms with Gasteiger partial charge in [0, 0.05) is 24.0 Å². The lowest BCUT2D eigenvalue weighted by atomic mass is 10.0. The Balaban J connectivity index is 1.21. The summed E-state index contributed by atoms with van der Waals surface area (Å²) >= 11 is 0. The van der Waals surface area contributed by atoms with Gasteiger partial charge in [-0.15, -0.1) is 0 Å². The minimum absolute atomic E-state index is 0.126. The first-order chi connectivity index (χ1) is 18.3. The van der Waals surface area contributed by atoms with Crippen molar-refractivity contribution < 1.29 is 23.2 Å². The average Bonchev–Trinajstić information content (AvgIpc) is 3.60. The number of hydrogen-bond acceptors (Lipinski definition) is 7. The molecule has 11 heteroatoms. The van der Waals surface area contributed by atoms with Crippen LogP contribution in [0, 0.1) is 5.82 Å². The van der Waals surface area contributed by atoms with Crippen LogP contribution in [0.25, 0.3) is 33.4 Å². The van der Waals surface area contributed by atoms with Gasteiger partial charge >= 0.3 is 0 Å². The molecule has 2 aromatic carbocycles. The molecule has 4 N–H and O–H groups in total. The third kappa shape index (κ3) is 4.79. The van der Waals surface area contributed by atoms with E-state index in [-0.39, 0.29) is 30.6 Å². The van der Waals surface area contributed by atoms with Gasteiger partial charge < -0.3 is 24.9 Å². The topological polar surface area (TPSA) is 121 Å². The maximum Gasteiger partial charge on any atom is 0.151 e. The Kier molecular flexibility index (Phi) is 6.40. The van der Waals surface area contributed by atoms with Crippen LogP contribution in [0.15, 0.2) is 65.0 Å². The van der Waals surface area contributed by atoms with E-state index in [9.17, 15) is 9.32 Å². The molecule has 38 heavy (non-hydrogen) atoms. The lowest BCUT2D eigenvalue weighted by Crippen LogP contribution is -2.36. The highest BCUT2D eigenvalue weighted by Crippen LogP contribution is 2.32. The quantitative estimate of drug-likeness (QED) is 0.297. The molecule has 2 aliphatic rings. The van der Waals surface area contributed by atoms with Gasteiger partial charge in [-0.3, -0.25) is 0 Å². The molecule has 2 aromatic heterocycles. The van der Waals surface area contributed by atoms with E-state index in [4.69, 9.17) is 9.47 Å². The highest BCUT2D eigenvalue weighted by Gasteiger charge is 2.47. The van der Waals surface area contributed by atoms with Crippen LogP contribution >= 0.6 is 0 Å². The number of nitrogens with zero attached hydrogens (tertiary/aromatic N) is 2. The number of aliphatic hydroxyl groups is 1. The number of fused-ring (bicyclic) bond motifs is 2. The van der Waals surface area contributed by atoms with E-state index in [2.05, 4.69) is 24.4 Å². The molecule has 2 fully saturated rings. The number of ether oxygens (including phenoxy) is 2. The third-order valence-electron chi connectivity index (χ3n) is 6.94. The predicted octanol–water partition coefficient (Wildman–Crippen LogP) is 3.84. The van der Waals surface area contributed by atoms with Gasteiger partial charge in [-0.05, 0) is 30.3 Å². The SMILES string of the molecule is CNS(C)(=O)=Nc1ccc(-c2ccc(-c3nc4cc(N[C@@H]5COC6C5OC[C@H]6O)[nH]c4cc3F)cc2)cc1. The van der Waals surface area contributed by atoms with Gasteiger partial charge in [0.15, 0.2) is 5.82 Å². The molecule has 4 heterocycles. The van der Waals surface area contributed by atoms with E-state index in [1.807, 2.05) is 54.6 Å². The monoisotopic (exact) mass is 537 g/mol. The summed E-state index contributed by atoms with van der Waals surface area (Å²) in [6.07, 6.45) is 0.365. The maximum atomic E-state index is 15.1. The second kappa shape index (κ2) is 9.75. The zero-order chi connectivity index (χ0) is 26.4. The molecule has 0 amide bonds. The second-order valence-corrected chi connectivity index (χ2v) is 11.8. The van der Waals surface area contributed by atoms with Gasteiger partial charge in [0.05, 0.1) is 36.0 Å². The zero-order valence-corrected chi connectivity index (χ0v) is 21.7. The van der Waals surface area contributed by atoms with E-state index in [1.54, 1.807) is 13.3 Å². The van der Waals surface area contributed by atoms with E-state index in [0.29, 0.717) is 34.7 Å². The van der Waals surface area contributed by atoms with Crippen molar-refractivity contribution in [2.24, 2.45) is 4.36 Å². The number of rotatable bonds is 6. The first-order valence-corrected chi connectivity index (χ1v) is 14.2. The molecule has 0 radical (unpaired) electrons. The molecule has 5 atom stereocenters. The number of nitrogens with one attached hydrogen (secondary N) is 3. The Hall–Kier alpha value is -3.35. The molecule has 2 aliphatic heterocycles. The van der Waals surface area contributed by atoms with E-state index >= 15 is 4.39 Å². The first kappa shape index (κ1) is 25.0. The molecule has 9 nitrogen and oxygen atoms in total. The first-order valence-electron chi connectivity index (χ1n) is 12.3. The highest BCUT2D eigenvalue weighted by molar-refractivity contribution is 7.91. The van der Waals surface area contributed by atoms with Crippen molar-refractivity contribution >= 4 is 32.5 Å². The third-order valence-corrected chi connectivity index (χ3v) is 8.26. The zero-order valence-electron chi connectivity index (χ0n) is 20.8. The van der Waals surface area contributed by atoms with Crippen molar-refractivity contribution in [2.75, 3.05) is 31.8 Å². The molecule has 0 saturated carbocycles. The Morgan fingerprint density at radius 2 is 1.68 bits per heavy atom. The number of aromatic nitrogens is 2. The summed E-state index contributed by atoms with van der Waals surface area (Å²) in [5.41, 5.74) is 4.68. The summed E-state index contributed by atoms with van der Waals surface area (Å²) in [5.74, 6) is 0.256. The number of anilines is 1. The van der Waals surface area contributed by atoms with E-state index in [1.165, 1.54) is 6.07 Å². The molecular formula is C27H28FN5O4S. The summed E-state index contributed by atoms with van der Waals surface area (Å²) in [5, 5.41) is 13.3. The van der Waals surface area contributed by atoms with E-state index < -0.39 is 21.8 Å². The van der Waals surface area contributed by atoms with Crippen LogP contribution in [0.5, 0.6) is 0 Å². The highest BCUT2D eigenvalue weighted by atomic mass is 32.2. The minimum Gasteiger partial charge on any atom is -0.388 e. The molecule has 0 spiro atoms. The van der Waals surface area contributed by atoms with Gasteiger partial charge in [0.2, 0.25) is 0 Å². The number of benzene rings is 2. The number of pyridine rings is 1. The Bertz CT molecular complexity index is 1600.